The predicted octanol–water partition coefficient (Wildman–Crippen LogP) is 4.26. The van der Waals surface area contributed by atoms with Gasteiger partial charge in [0.05, 0.1) is 0 Å². The zero-order valence-electron chi connectivity index (χ0n) is 11.7. The largest absolute Gasteiger partial charge is 0.369 e. The molecule has 0 spiro atoms. The van der Waals surface area contributed by atoms with E-state index < -0.39 is 0 Å². The van der Waals surface area contributed by atoms with E-state index in [4.69, 9.17) is 0 Å². The van der Waals surface area contributed by atoms with Crippen molar-refractivity contribution in [2.75, 3.05) is 31.1 Å². The van der Waals surface area contributed by atoms with Gasteiger partial charge in [-0.1, -0.05) is 44.8 Å². The van der Waals surface area contributed by atoms with Crippen molar-refractivity contribution in [3.63, 3.8) is 0 Å². The van der Waals surface area contributed by atoms with Crippen LogP contribution in [0, 0.1) is 0 Å². The van der Waals surface area contributed by atoms with E-state index in [1.165, 1.54) is 30.8 Å². The van der Waals surface area contributed by atoms with E-state index >= 15 is 0 Å². The molecule has 1 atom stereocenters. The lowest BCUT2D eigenvalue weighted by Gasteiger charge is -2.39. The van der Waals surface area contributed by atoms with Gasteiger partial charge in [0, 0.05) is 47.7 Å². The molecule has 2 rings (SSSR count). The molecule has 0 bridgehead atoms. The third kappa shape index (κ3) is 3.73. The first-order chi connectivity index (χ1) is 9.15. The van der Waals surface area contributed by atoms with Crippen molar-refractivity contribution in [1.82, 2.24) is 4.90 Å². The topological polar surface area (TPSA) is 6.48 Å². The first kappa shape index (κ1) is 15.3. The molecule has 4 heteroatoms. The van der Waals surface area contributed by atoms with Crippen molar-refractivity contribution in [2.45, 2.75) is 31.6 Å². The number of piperazine rings is 1. The van der Waals surface area contributed by atoms with Gasteiger partial charge in [-0.25, -0.2) is 0 Å². The summed E-state index contributed by atoms with van der Waals surface area (Å²) in [5, 5.41) is 0.918. The minimum Gasteiger partial charge on any atom is -0.369 e. The van der Waals surface area contributed by atoms with Crippen LogP contribution < -0.4 is 4.90 Å². The average Bonchev–Trinajstić information content (AvgIpc) is 2.46. The molecule has 0 saturated carbocycles. The van der Waals surface area contributed by atoms with Crippen LogP contribution in [0.4, 0.5) is 5.69 Å². The second kappa shape index (κ2) is 7.09. The van der Waals surface area contributed by atoms with Crippen molar-refractivity contribution < 1.29 is 0 Å². The van der Waals surface area contributed by atoms with Crippen molar-refractivity contribution in [3.8, 4) is 0 Å². The van der Waals surface area contributed by atoms with Crippen LogP contribution in [0.15, 0.2) is 22.7 Å². The summed E-state index contributed by atoms with van der Waals surface area (Å²) >= 11 is 7.18. The molecular weight excluding hydrogens is 368 g/mol. The molecule has 1 aromatic carbocycles. The standard InChI is InChI=1S/C15H22Br2N2/c1-3-12(2)18-6-8-19(9-7-18)15-10-14(17)5-4-13(15)11-16/h4-5,10,12H,3,6-9,11H2,1-2H3. The van der Waals surface area contributed by atoms with E-state index in [0.717, 1.165) is 22.9 Å². The van der Waals surface area contributed by atoms with Gasteiger partial charge in [0.15, 0.2) is 0 Å². The summed E-state index contributed by atoms with van der Waals surface area (Å²) in [5.74, 6) is 0. The second-order valence-electron chi connectivity index (χ2n) is 5.19. The molecule has 19 heavy (non-hydrogen) atoms. The molecule has 1 aliphatic rings. The van der Waals surface area contributed by atoms with E-state index in [2.05, 4.69) is 73.7 Å². The number of halogens is 2. The first-order valence-electron chi connectivity index (χ1n) is 6.99. The number of alkyl halides is 1. The smallest absolute Gasteiger partial charge is 0.0419 e. The zero-order chi connectivity index (χ0) is 13.8. The van der Waals surface area contributed by atoms with E-state index in [9.17, 15) is 0 Å². The molecule has 1 unspecified atom stereocenters. The van der Waals surface area contributed by atoms with Gasteiger partial charge in [0.25, 0.3) is 0 Å². The predicted molar refractivity (Wildman–Crippen MR) is 90.3 cm³/mol. The molecular formula is C15H22Br2N2. The summed E-state index contributed by atoms with van der Waals surface area (Å²) in [6.45, 7) is 9.20. The Morgan fingerprint density at radius 1 is 1.21 bits per heavy atom. The third-order valence-electron chi connectivity index (χ3n) is 4.06. The Balaban J connectivity index is 2.07. The molecule has 1 fully saturated rings. The number of hydrogen-bond acceptors (Lipinski definition) is 2. The monoisotopic (exact) mass is 388 g/mol. The number of rotatable bonds is 4. The number of hydrogen-bond donors (Lipinski definition) is 0. The average molecular weight is 390 g/mol. The maximum absolute atomic E-state index is 3.59. The normalized spacial score (nSPS) is 18.6. The van der Waals surface area contributed by atoms with Crippen molar-refractivity contribution in [2.24, 2.45) is 0 Å². The maximum Gasteiger partial charge on any atom is 0.0419 e. The van der Waals surface area contributed by atoms with Crippen LogP contribution in [0.5, 0.6) is 0 Å². The Labute approximate surface area is 133 Å². The van der Waals surface area contributed by atoms with Crippen LogP contribution >= 0.6 is 31.9 Å². The van der Waals surface area contributed by atoms with Crippen LogP contribution in [0.1, 0.15) is 25.8 Å². The molecule has 0 aliphatic carbocycles. The zero-order valence-corrected chi connectivity index (χ0v) is 14.9. The Hall–Kier alpha value is -0.0600. The highest BCUT2D eigenvalue weighted by Gasteiger charge is 2.21. The van der Waals surface area contributed by atoms with Gasteiger partial charge in [-0.05, 0) is 31.0 Å². The summed E-state index contributed by atoms with van der Waals surface area (Å²) in [4.78, 5) is 5.11. The third-order valence-corrected chi connectivity index (χ3v) is 5.16. The summed E-state index contributed by atoms with van der Waals surface area (Å²) < 4.78 is 1.16. The fraction of sp³-hybridized carbons (Fsp3) is 0.600. The van der Waals surface area contributed by atoms with Gasteiger partial charge in [-0.2, -0.15) is 0 Å². The van der Waals surface area contributed by atoms with Gasteiger partial charge < -0.3 is 4.90 Å². The van der Waals surface area contributed by atoms with Gasteiger partial charge in [-0.3, -0.25) is 4.90 Å². The SMILES string of the molecule is CCC(C)N1CCN(c2cc(Br)ccc2CBr)CC1. The minimum atomic E-state index is 0.709. The molecule has 1 saturated heterocycles. The van der Waals surface area contributed by atoms with Crippen molar-refractivity contribution in [3.05, 3.63) is 28.2 Å². The fourth-order valence-electron chi connectivity index (χ4n) is 2.61. The van der Waals surface area contributed by atoms with Gasteiger partial charge in [0.1, 0.15) is 0 Å². The Morgan fingerprint density at radius 2 is 1.89 bits per heavy atom. The van der Waals surface area contributed by atoms with Crippen molar-refractivity contribution >= 4 is 37.5 Å². The van der Waals surface area contributed by atoms with Crippen molar-refractivity contribution in [1.29, 1.82) is 0 Å². The molecule has 2 nitrogen and oxygen atoms in total. The Kier molecular flexibility index (Phi) is 5.72. The van der Waals surface area contributed by atoms with Crippen LogP contribution in [0.25, 0.3) is 0 Å². The molecule has 0 aromatic heterocycles. The highest BCUT2D eigenvalue weighted by atomic mass is 79.9. The lowest BCUT2D eigenvalue weighted by atomic mass is 10.1. The molecule has 0 N–H and O–H groups in total. The maximum atomic E-state index is 3.59. The second-order valence-corrected chi connectivity index (χ2v) is 6.66. The van der Waals surface area contributed by atoms with Gasteiger partial charge in [-0.15, -0.1) is 0 Å². The number of nitrogens with zero attached hydrogens (tertiary/aromatic N) is 2. The summed E-state index contributed by atoms with van der Waals surface area (Å²) in [5.41, 5.74) is 2.75. The minimum absolute atomic E-state index is 0.709. The van der Waals surface area contributed by atoms with E-state index in [-0.39, 0.29) is 0 Å². The highest BCUT2D eigenvalue weighted by Crippen LogP contribution is 2.28. The summed E-state index contributed by atoms with van der Waals surface area (Å²) in [6.07, 6.45) is 1.24. The molecule has 1 aromatic rings. The van der Waals surface area contributed by atoms with E-state index in [1.807, 2.05) is 0 Å². The Morgan fingerprint density at radius 3 is 2.47 bits per heavy atom. The fourth-order valence-corrected chi connectivity index (χ4v) is 3.43. The number of benzene rings is 1. The van der Waals surface area contributed by atoms with Gasteiger partial charge >= 0.3 is 0 Å². The number of anilines is 1. The van der Waals surface area contributed by atoms with E-state index in [0.29, 0.717) is 6.04 Å². The highest BCUT2D eigenvalue weighted by molar-refractivity contribution is 9.10. The molecule has 0 amide bonds. The summed E-state index contributed by atoms with van der Waals surface area (Å²) in [6, 6.07) is 7.28. The van der Waals surface area contributed by atoms with Crippen LogP contribution in [-0.4, -0.2) is 37.1 Å². The molecule has 106 valence electrons. The quantitative estimate of drug-likeness (QED) is 0.709. The lowest BCUT2D eigenvalue weighted by molar-refractivity contribution is 0.193. The molecule has 0 radical (unpaired) electrons. The van der Waals surface area contributed by atoms with E-state index in [1.54, 1.807) is 0 Å². The van der Waals surface area contributed by atoms with Crippen LogP contribution in [0.2, 0.25) is 0 Å². The Bertz CT molecular complexity index is 415. The lowest BCUT2D eigenvalue weighted by Crippen LogP contribution is -2.49. The summed E-state index contributed by atoms with van der Waals surface area (Å²) in [7, 11) is 0. The first-order valence-corrected chi connectivity index (χ1v) is 8.90. The van der Waals surface area contributed by atoms with Gasteiger partial charge in [0.2, 0.25) is 0 Å². The molecule has 1 heterocycles. The van der Waals surface area contributed by atoms with Crippen LogP contribution in [0.3, 0.4) is 0 Å². The van der Waals surface area contributed by atoms with Crippen LogP contribution in [-0.2, 0) is 5.33 Å². The molecule has 1 aliphatic heterocycles.